The van der Waals surface area contributed by atoms with Crippen molar-refractivity contribution in [1.29, 1.82) is 0 Å². The summed E-state index contributed by atoms with van der Waals surface area (Å²) in [6.07, 6.45) is -0.227. The third kappa shape index (κ3) is 10.3. The fourth-order valence-electron chi connectivity index (χ4n) is 4.94. The molecule has 0 aliphatic carbocycles. The number of benzene rings is 2. The second kappa shape index (κ2) is 16.2. The number of carbonyl (C=O) groups is 2. The second-order valence-corrected chi connectivity index (χ2v) is 13.5. The first-order valence-electron chi connectivity index (χ1n) is 14.6. The summed E-state index contributed by atoms with van der Waals surface area (Å²) >= 11 is 0. The van der Waals surface area contributed by atoms with E-state index in [1.165, 1.54) is 28.4 Å². The van der Waals surface area contributed by atoms with E-state index in [0.29, 0.717) is 25.4 Å². The summed E-state index contributed by atoms with van der Waals surface area (Å²) in [4.78, 5) is 29.3. The van der Waals surface area contributed by atoms with Crippen LogP contribution in [0.3, 0.4) is 0 Å². The van der Waals surface area contributed by atoms with Gasteiger partial charge in [0.05, 0.1) is 43.8 Å². The van der Waals surface area contributed by atoms with Crippen molar-refractivity contribution in [1.82, 2.24) is 19.4 Å². The van der Waals surface area contributed by atoms with E-state index in [9.17, 15) is 23.1 Å². The Labute approximate surface area is 255 Å². The SMILES string of the molecule is COc1ccc(S(=O)(=O)N(CC(C)C)C[C@@H](O)[C@H](Cc2ccccc2)NC(=O)CN(CC(=O)N(C)C)[C@H]2CCOC2)cc1. The summed E-state index contributed by atoms with van der Waals surface area (Å²) in [6.45, 7) is 4.75. The molecule has 11 nitrogen and oxygen atoms in total. The molecule has 1 fully saturated rings. The predicted molar refractivity (Wildman–Crippen MR) is 164 cm³/mol. The fraction of sp³-hybridized carbons (Fsp3) is 0.548. The van der Waals surface area contributed by atoms with Crippen LogP contribution in [0.15, 0.2) is 59.5 Å². The molecule has 1 saturated heterocycles. The number of amides is 2. The number of aliphatic hydroxyl groups excluding tert-OH is 1. The van der Waals surface area contributed by atoms with Crippen LogP contribution in [0.5, 0.6) is 5.75 Å². The highest BCUT2D eigenvalue weighted by atomic mass is 32.2. The van der Waals surface area contributed by atoms with Crippen LogP contribution in [0.25, 0.3) is 0 Å². The van der Waals surface area contributed by atoms with E-state index in [-0.39, 0.29) is 61.3 Å². The zero-order valence-electron chi connectivity index (χ0n) is 25.8. The summed E-state index contributed by atoms with van der Waals surface area (Å²) in [5.74, 6) is 0.0184. The normalized spacial score (nSPS) is 16.8. The average Bonchev–Trinajstić information content (AvgIpc) is 3.51. The van der Waals surface area contributed by atoms with Gasteiger partial charge in [0.25, 0.3) is 0 Å². The van der Waals surface area contributed by atoms with Gasteiger partial charge in [-0.2, -0.15) is 4.31 Å². The predicted octanol–water partition coefficient (Wildman–Crippen LogP) is 1.61. The number of hydrogen-bond acceptors (Lipinski definition) is 8. The lowest BCUT2D eigenvalue weighted by atomic mass is 10.0. The Morgan fingerprint density at radius 2 is 1.72 bits per heavy atom. The first kappa shape index (κ1) is 34.5. The first-order chi connectivity index (χ1) is 20.4. The van der Waals surface area contributed by atoms with E-state index in [0.717, 1.165) is 5.56 Å². The minimum atomic E-state index is -3.96. The van der Waals surface area contributed by atoms with E-state index in [1.54, 1.807) is 31.1 Å². The molecule has 1 heterocycles. The minimum Gasteiger partial charge on any atom is -0.497 e. The van der Waals surface area contributed by atoms with Crippen LogP contribution in [-0.4, -0.2) is 118 Å². The van der Waals surface area contributed by atoms with Crippen LogP contribution >= 0.6 is 0 Å². The highest BCUT2D eigenvalue weighted by molar-refractivity contribution is 7.89. The van der Waals surface area contributed by atoms with Crippen LogP contribution < -0.4 is 10.1 Å². The highest BCUT2D eigenvalue weighted by Crippen LogP contribution is 2.22. The van der Waals surface area contributed by atoms with Gasteiger partial charge in [0.2, 0.25) is 21.8 Å². The molecule has 0 saturated carbocycles. The van der Waals surface area contributed by atoms with Crippen LogP contribution in [0.1, 0.15) is 25.8 Å². The van der Waals surface area contributed by atoms with Gasteiger partial charge in [-0.05, 0) is 48.6 Å². The number of ether oxygens (including phenoxy) is 2. The molecule has 3 atom stereocenters. The second-order valence-electron chi connectivity index (χ2n) is 11.5. The molecule has 0 radical (unpaired) electrons. The quantitative estimate of drug-likeness (QED) is 0.291. The van der Waals surface area contributed by atoms with Crippen molar-refractivity contribution in [3.8, 4) is 5.75 Å². The van der Waals surface area contributed by atoms with Gasteiger partial charge >= 0.3 is 0 Å². The first-order valence-corrected chi connectivity index (χ1v) is 16.0. The average molecular weight is 619 g/mol. The van der Waals surface area contributed by atoms with Crippen molar-refractivity contribution in [3.05, 3.63) is 60.2 Å². The van der Waals surface area contributed by atoms with E-state index in [1.807, 2.05) is 44.2 Å². The zero-order chi connectivity index (χ0) is 31.6. The van der Waals surface area contributed by atoms with Crippen molar-refractivity contribution in [2.75, 3.05) is 60.6 Å². The maximum Gasteiger partial charge on any atom is 0.243 e. The van der Waals surface area contributed by atoms with Crippen LogP contribution in [0.4, 0.5) is 0 Å². The van der Waals surface area contributed by atoms with E-state index >= 15 is 0 Å². The molecule has 12 heteroatoms. The number of carbonyl (C=O) groups excluding carboxylic acids is 2. The van der Waals surface area contributed by atoms with E-state index in [4.69, 9.17) is 9.47 Å². The monoisotopic (exact) mass is 618 g/mol. The molecule has 3 rings (SSSR count). The van der Waals surface area contributed by atoms with Gasteiger partial charge < -0.3 is 24.8 Å². The molecule has 2 amide bonds. The van der Waals surface area contributed by atoms with Gasteiger partial charge in [0.1, 0.15) is 5.75 Å². The number of sulfonamides is 1. The lowest BCUT2D eigenvalue weighted by Gasteiger charge is -2.32. The molecule has 2 aromatic carbocycles. The maximum absolute atomic E-state index is 13.7. The number of nitrogens with zero attached hydrogens (tertiary/aromatic N) is 3. The number of methoxy groups -OCH3 is 1. The van der Waals surface area contributed by atoms with Gasteiger partial charge in [-0.3, -0.25) is 14.5 Å². The molecule has 2 aromatic rings. The zero-order valence-corrected chi connectivity index (χ0v) is 26.6. The molecular formula is C31H46N4O7S. The summed E-state index contributed by atoms with van der Waals surface area (Å²) in [7, 11) is 0.880. The number of aliphatic hydroxyl groups is 1. The summed E-state index contributed by atoms with van der Waals surface area (Å²) in [5.41, 5.74) is 0.879. The van der Waals surface area contributed by atoms with Gasteiger partial charge in [-0.25, -0.2) is 8.42 Å². The highest BCUT2D eigenvalue weighted by Gasteiger charge is 2.33. The molecule has 0 spiro atoms. The van der Waals surface area contributed by atoms with Crippen molar-refractivity contribution >= 4 is 21.8 Å². The Morgan fingerprint density at radius 1 is 1.05 bits per heavy atom. The van der Waals surface area contributed by atoms with Crippen LogP contribution in [-0.2, 0) is 30.8 Å². The van der Waals surface area contributed by atoms with E-state index < -0.39 is 22.2 Å². The van der Waals surface area contributed by atoms with Crippen molar-refractivity contribution in [3.63, 3.8) is 0 Å². The number of likely N-dealkylation sites (N-methyl/N-ethyl adjacent to an activating group) is 1. The lowest BCUT2D eigenvalue weighted by molar-refractivity contribution is -0.132. The largest absolute Gasteiger partial charge is 0.497 e. The fourth-order valence-corrected chi connectivity index (χ4v) is 6.56. The summed E-state index contributed by atoms with van der Waals surface area (Å²) in [6, 6.07) is 14.7. The number of rotatable bonds is 16. The van der Waals surface area contributed by atoms with Gasteiger partial charge in [-0.15, -0.1) is 0 Å². The maximum atomic E-state index is 13.7. The van der Waals surface area contributed by atoms with Crippen molar-refractivity contribution in [2.45, 2.75) is 49.8 Å². The number of nitrogens with one attached hydrogen (secondary N) is 1. The molecule has 1 aliphatic rings. The Kier molecular flexibility index (Phi) is 12.9. The standard InChI is InChI=1S/C31H46N4O7S/c1-23(2)18-35(43(39,40)27-13-11-26(41-5)12-14-27)19-29(36)28(17-24-9-7-6-8-10-24)32-30(37)20-34(21-31(38)33(3)4)25-15-16-42-22-25/h6-14,23,25,28-29,36H,15-22H2,1-5H3,(H,32,37)/t25-,28-,29+/m0/s1. The minimum absolute atomic E-state index is 0.0150. The van der Waals surface area contributed by atoms with Crippen molar-refractivity contribution in [2.24, 2.45) is 5.92 Å². The summed E-state index contributed by atoms with van der Waals surface area (Å²) in [5, 5.41) is 14.5. The molecule has 1 aliphatic heterocycles. The molecule has 0 unspecified atom stereocenters. The molecule has 0 aromatic heterocycles. The smallest absolute Gasteiger partial charge is 0.243 e. The Morgan fingerprint density at radius 3 is 2.28 bits per heavy atom. The van der Waals surface area contributed by atoms with Gasteiger partial charge in [-0.1, -0.05) is 44.2 Å². The molecular weight excluding hydrogens is 572 g/mol. The van der Waals surface area contributed by atoms with Gasteiger partial charge in [0, 0.05) is 39.8 Å². The summed E-state index contributed by atoms with van der Waals surface area (Å²) < 4.78 is 39.3. The third-order valence-electron chi connectivity index (χ3n) is 7.37. The molecule has 0 bridgehead atoms. The topological polar surface area (TPSA) is 129 Å². The molecule has 238 valence electrons. The van der Waals surface area contributed by atoms with E-state index in [2.05, 4.69) is 5.32 Å². The van der Waals surface area contributed by atoms with Crippen LogP contribution in [0, 0.1) is 5.92 Å². The Balaban J connectivity index is 1.83. The van der Waals surface area contributed by atoms with Gasteiger partial charge in [0.15, 0.2) is 0 Å². The molecule has 2 N–H and O–H groups in total. The third-order valence-corrected chi connectivity index (χ3v) is 9.22. The van der Waals surface area contributed by atoms with Crippen LogP contribution in [0.2, 0.25) is 0 Å². The Hall–Kier alpha value is -3.03. The van der Waals surface area contributed by atoms with Crippen molar-refractivity contribution < 1.29 is 32.6 Å². The lowest BCUT2D eigenvalue weighted by Crippen LogP contribution is -2.54. The number of hydrogen-bond donors (Lipinski definition) is 2. The Bertz CT molecular complexity index is 1270. The molecule has 43 heavy (non-hydrogen) atoms.